The minimum atomic E-state index is 0.0456. The summed E-state index contributed by atoms with van der Waals surface area (Å²) in [6, 6.07) is 6.12. The number of rotatable bonds is 1. The van der Waals surface area contributed by atoms with Crippen molar-refractivity contribution in [3.63, 3.8) is 0 Å². The van der Waals surface area contributed by atoms with Gasteiger partial charge in [-0.2, -0.15) is 0 Å². The Balaban J connectivity index is 2.29. The third-order valence-corrected chi connectivity index (χ3v) is 2.70. The molecule has 0 aromatic heterocycles. The maximum absolute atomic E-state index is 11.2. The van der Waals surface area contributed by atoms with Crippen molar-refractivity contribution in [2.24, 2.45) is 5.92 Å². The summed E-state index contributed by atoms with van der Waals surface area (Å²) in [7, 11) is 0. The fraction of sp³-hybridized carbons (Fsp3) is 0.417. The Labute approximate surface area is 83.9 Å². The molecule has 0 saturated heterocycles. The number of carbonyl (C=O) groups is 1. The number of hydrogen-bond donors (Lipinski definition) is 0. The van der Waals surface area contributed by atoms with Crippen molar-refractivity contribution < 1.29 is 9.53 Å². The first-order valence-corrected chi connectivity index (χ1v) is 4.89. The van der Waals surface area contributed by atoms with Crippen molar-refractivity contribution in [2.75, 3.05) is 6.61 Å². The van der Waals surface area contributed by atoms with Gasteiger partial charge in [-0.05, 0) is 31.9 Å². The number of Topliss-reactive ketones (excluding diaryl/α,β-unsaturated/α-hetero) is 1. The highest BCUT2D eigenvalue weighted by atomic mass is 16.5. The average molecular weight is 190 g/mol. The minimum absolute atomic E-state index is 0.0456. The van der Waals surface area contributed by atoms with Gasteiger partial charge in [0.25, 0.3) is 0 Å². The Hall–Kier alpha value is -1.31. The topological polar surface area (TPSA) is 26.3 Å². The first kappa shape index (κ1) is 9.25. The molecule has 1 heterocycles. The molecule has 0 N–H and O–H groups in total. The molecule has 1 aromatic carbocycles. The second-order valence-corrected chi connectivity index (χ2v) is 3.93. The number of hydrogen-bond acceptors (Lipinski definition) is 2. The summed E-state index contributed by atoms with van der Waals surface area (Å²) in [5.41, 5.74) is 2.38. The molecule has 0 bridgehead atoms. The molecule has 14 heavy (non-hydrogen) atoms. The SMILES string of the molecule is CC(=O)C1COc2ccc(C)cc2C1. The van der Waals surface area contributed by atoms with E-state index in [2.05, 4.69) is 13.0 Å². The van der Waals surface area contributed by atoms with Crippen LogP contribution in [0.15, 0.2) is 18.2 Å². The molecule has 0 aliphatic carbocycles. The number of ketones is 1. The summed E-state index contributed by atoms with van der Waals surface area (Å²) in [5, 5.41) is 0. The monoisotopic (exact) mass is 190 g/mol. The molecule has 1 aliphatic rings. The maximum Gasteiger partial charge on any atom is 0.136 e. The molecule has 2 rings (SSSR count). The zero-order chi connectivity index (χ0) is 10.1. The predicted molar refractivity (Wildman–Crippen MR) is 54.5 cm³/mol. The first-order valence-electron chi connectivity index (χ1n) is 4.89. The Kier molecular flexibility index (Phi) is 2.28. The van der Waals surface area contributed by atoms with Gasteiger partial charge in [-0.25, -0.2) is 0 Å². The van der Waals surface area contributed by atoms with E-state index in [1.165, 1.54) is 5.56 Å². The van der Waals surface area contributed by atoms with Crippen LogP contribution in [0.3, 0.4) is 0 Å². The lowest BCUT2D eigenvalue weighted by Gasteiger charge is -2.23. The van der Waals surface area contributed by atoms with E-state index < -0.39 is 0 Å². The molecular weight excluding hydrogens is 176 g/mol. The van der Waals surface area contributed by atoms with E-state index in [0.717, 1.165) is 17.7 Å². The van der Waals surface area contributed by atoms with Gasteiger partial charge < -0.3 is 4.74 Å². The van der Waals surface area contributed by atoms with E-state index in [4.69, 9.17) is 4.74 Å². The summed E-state index contributed by atoms with van der Waals surface area (Å²) >= 11 is 0. The Bertz CT molecular complexity index is 369. The van der Waals surface area contributed by atoms with Gasteiger partial charge in [-0.3, -0.25) is 4.79 Å². The summed E-state index contributed by atoms with van der Waals surface area (Å²) in [5.74, 6) is 1.20. The first-order chi connectivity index (χ1) is 6.66. The molecule has 1 aliphatic heterocycles. The summed E-state index contributed by atoms with van der Waals surface area (Å²) in [6.45, 7) is 4.22. The van der Waals surface area contributed by atoms with Crippen LogP contribution in [0.25, 0.3) is 0 Å². The molecule has 1 unspecified atom stereocenters. The van der Waals surface area contributed by atoms with Crippen LogP contribution in [0.1, 0.15) is 18.1 Å². The highest BCUT2D eigenvalue weighted by molar-refractivity contribution is 5.79. The van der Waals surface area contributed by atoms with Crippen molar-refractivity contribution in [2.45, 2.75) is 20.3 Å². The van der Waals surface area contributed by atoms with E-state index in [1.54, 1.807) is 6.92 Å². The van der Waals surface area contributed by atoms with Crippen LogP contribution in [0.5, 0.6) is 5.75 Å². The molecule has 2 nitrogen and oxygen atoms in total. The zero-order valence-corrected chi connectivity index (χ0v) is 8.54. The molecule has 0 fully saturated rings. The van der Waals surface area contributed by atoms with Crippen molar-refractivity contribution >= 4 is 5.78 Å². The van der Waals surface area contributed by atoms with Gasteiger partial charge >= 0.3 is 0 Å². The second-order valence-electron chi connectivity index (χ2n) is 3.93. The summed E-state index contributed by atoms with van der Waals surface area (Å²) < 4.78 is 5.53. The molecule has 0 saturated carbocycles. The van der Waals surface area contributed by atoms with Crippen LogP contribution in [-0.4, -0.2) is 12.4 Å². The van der Waals surface area contributed by atoms with Crippen molar-refractivity contribution in [1.82, 2.24) is 0 Å². The third kappa shape index (κ3) is 1.65. The molecular formula is C12H14O2. The molecule has 2 heteroatoms. The summed E-state index contributed by atoms with van der Waals surface area (Å²) in [6.07, 6.45) is 0.826. The van der Waals surface area contributed by atoms with Gasteiger partial charge in [0.2, 0.25) is 0 Å². The number of aryl methyl sites for hydroxylation is 1. The van der Waals surface area contributed by atoms with E-state index in [9.17, 15) is 4.79 Å². The lowest BCUT2D eigenvalue weighted by Crippen LogP contribution is -2.26. The molecule has 0 spiro atoms. The van der Waals surface area contributed by atoms with E-state index in [0.29, 0.717) is 6.61 Å². The standard InChI is InChI=1S/C12H14O2/c1-8-3-4-12-10(5-8)6-11(7-14-12)9(2)13/h3-5,11H,6-7H2,1-2H3. The number of ether oxygens (including phenoxy) is 1. The average Bonchev–Trinajstić information content (AvgIpc) is 2.16. The number of carbonyl (C=O) groups excluding carboxylic acids is 1. The summed E-state index contributed by atoms with van der Waals surface area (Å²) in [4.78, 5) is 11.2. The van der Waals surface area contributed by atoms with Gasteiger partial charge in [0.05, 0.1) is 12.5 Å². The highest BCUT2D eigenvalue weighted by Gasteiger charge is 2.22. The fourth-order valence-electron chi connectivity index (χ4n) is 1.78. The third-order valence-electron chi connectivity index (χ3n) is 2.70. The molecule has 74 valence electrons. The minimum Gasteiger partial charge on any atom is -0.493 e. The number of benzene rings is 1. The molecule has 0 amide bonds. The Morgan fingerprint density at radius 2 is 2.29 bits per heavy atom. The normalized spacial score (nSPS) is 19.7. The van der Waals surface area contributed by atoms with E-state index >= 15 is 0 Å². The van der Waals surface area contributed by atoms with Crippen LogP contribution in [-0.2, 0) is 11.2 Å². The smallest absolute Gasteiger partial charge is 0.136 e. The molecule has 1 aromatic rings. The van der Waals surface area contributed by atoms with Gasteiger partial charge in [0, 0.05) is 0 Å². The van der Waals surface area contributed by atoms with E-state index in [-0.39, 0.29) is 11.7 Å². The fourth-order valence-corrected chi connectivity index (χ4v) is 1.78. The largest absolute Gasteiger partial charge is 0.493 e. The quantitative estimate of drug-likeness (QED) is 0.678. The van der Waals surface area contributed by atoms with Crippen LogP contribution in [0.2, 0.25) is 0 Å². The van der Waals surface area contributed by atoms with Gasteiger partial charge in [-0.1, -0.05) is 17.7 Å². The zero-order valence-electron chi connectivity index (χ0n) is 8.54. The van der Waals surface area contributed by atoms with Crippen LogP contribution < -0.4 is 4.74 Å². The van der Waals surface area contributed by atoms with E-state index in [1.807, 2.05) is 12.1 Å². The van der Waals surface area contributed by atoms with Crippen LogP contribution >= 0.6 is 0 Å². The van der Waals surface area contributed by atoms with Crippen molar-refractivity contribution in [3.05, 3.63) is 29.3 Å². The second kappa shape index (κ2) is 3.45. The highest BCUT2D eigenvalue weighted by Crippen LogP contribution is 2.28. The van der Waals surface area contributed by atoms with Crippen molar-refractivity contribution in [3.8, 4) is 5.75 Å². The van der Waals surface area contributed by atoms with Crippen LogP contribution in [0, 0.1) is 12.8 Å². The lowest BCUT2D eigenvalue weighted by molar-refractivity contribution is -0.121. The van der Waals surface area contributed by atoms with Gasteiger partial charge in [0.1, 0.15) is 11.5 Å². The van der Waals surface area contributed by atoms with Gasteiger partial charge in [0.15, 0.2) is 0 Å². The van der Waals surface area contributed by atoms with Crippen LogP contribution in [0.4, 0.5) is 0 Å². The Morgan fingerprint density at radius 3 is 3.00 bits per heavy atom. The molecule has 0 radical (unpaired) electrons. The molecule has 1 atom stereocenters. The predicted octanol–water partition coefficient (Wildman–Crippen LogP) is 2.14. The lowest BCUT2D eigenvalue weighted by atomic mass is 9.93. The van der Waals surface area contributed by atoms with Gasteiger partial charge in [-0.15, -0.1) is 0 Å². The van der Waals surface area contributed by atoms with Crippen molar-refractivity contribution in [1.29, 1.82) is 0 Å². The Morgan fingerprint density at radius 1 is 1.50 bits per heavy atom. The number of fused-ring (bicyclic) bond motifs is 1. The maximum atomic E-state index is 11.2.